The Labute approximate surface area is 218 Å². The molecule has 2 aliphatic rings. The van der Waals surface area contributed by atoms with Crippen LogP contribution in [0.25, 0.3) is 0 Å². The summed E-state index contributed by atoms with van der Waals surface area (Å²) in [5.74, 6) is -0.220. The smallest absolute Gasteiger partial charge is 1.00 e. The van der Waals surface area contributed by atoms with E-state index in [0.29, 0.717) is 24.6 Å². The number of oxazole rings is 1. The minimum Gasteiger partial charge on any atom is -1.00 e. The van der Waals surface area contributed by atoms with Crippen molar-refractivity contribution in [3.8, 4) is 0 Å². The normalized spacial score (nSPS) is 23.3. The van der Waals surface area contributed by atoms with Crippen LogP contribution in [-0.4, -0.2) is 40.7 Å². The van der Waals surface area contributed by atoms with Crippen molar-refractivity contribution in [2.24, 2.45) is 5.92 Å². The average Bonchev–Trinajstić information content (AvgIpc) is 3.52. The van der Waals surface area contributed by atoms with Gasteiger partial charge in [0.2, 0.25) is 5.89 Å². The Morgan fingerprint density at radius 1 is 1.18 bits per heavy atom. The largest absolute Gasteiger partial charge is 1.00 e. The van der Waals surface area contributed by atoms with Crippen molar-refractivity contribution in [1.82, 2.24) is 10.3 Å². The number of carbonyl (C=O) groups excluding carboxylic acids is 1. The molecule has 2 aromatic rings. The van der Waals surface area contributed by atoms with E-state index in [1.54, 1.807) is 0 Å². The van der Waals surface area contributed by atoms with E-state index >= 15 is 0 Å². The second kappa shape index (κ2) is 12.2. The van der Waals surface area contributed by atoms with Crippen LogP contribution in [0, 0.1) is 5.92 Å². The van der Waals surface area contributed by atoms with Gasteiger partial charge in [-0.3, -0.25) is 9.59 Å². The Hall–Kier alpha value is -1.67. The van der Waals surface area contributed by atoms with E-state index in [1.165, 1.54) is 6.26 Å². The molecule has 174 valence electrons. The molecule has 1 aromatic carbocycles. The first-order chi connectivity index (χ1) is 15.6. The molecule has 2 fully saturated rings. The third-order valence-corrected chi connectivity index (χ3v) is 6.71. The number of aromatic nitrogens is 1. The fraction of sp³-hybridized carbons (Fsp3) is 0.560. The van der Waals surface area contributed by atoms with Crippen LogP contribution in [0.1, 0.15) is 80.3 Å². The Bertz CT molecular complexity index is 953. The topological polar surface area (TPSA) is 102 Å². The van der Waals surface area contributed by atoms with E-state index < -0.39 is 5.97 Å². The zero-order valence-electron chi connectivity index (χ0n) is 20.6. The average molecular weight is 465 g/mol. The Balaban J connectivity index is 0.00000204. The van der Waals surface area contributed by atoms with Gasteiger partial charge in [-0.2, -0.15) is 0 Å². The number of carboxylic acids is 1. The number of fused-ring (bicyclic) bond motifs is 2. The van der Waals surface area contributed by atoms with Crippen molar-refractivity contribution in [2.75, 3.05) is 6.54 Å². The Morgan fingerprint density at radius 3 is 2.70 bits per heavy atom. The van der Waals surface area contributed by atoms with Gasteiger partial charge in [-0.1, -0.05) is 44.0 Å². The van der Waals surface area contributed by atoms with Crippen LogP contribution in [0.3, 0.4) is 0 Å². The van der Waals surface area contributed by atoms with Gasteiger partial charge in [0.15, 0.2) is 5.69 Å². The molecule has 33 heavy (non-hydrogen) atoms. The molecule has 2 N–H and O–H groups in total. The number of carbonyl (C=O) groups is 2. The number of rotatable bonds is 11. The fourth-order valence-corrected chi connectivity index (χ4v) is 5.08. The molecule has 8 heteroatoms. The first-order valence-corrected chi connectivity index (χ1v) is 11.7. The van der Waals surface area contributed by atoms with Crippen LogP contribution in [0.15, 0.2) is 34.9 Å². The molecule has 0 spiro atoms. The molecule has 3 heterocycles. The van der Waals surface area contributed by atoms with Gasteiger partial charge in [-0.15, -0.1) is 0 Å². The van der Waals surface area contributed by atoms with E-state index in [9.17, 15) is 9.59 Å². The zero-order chi connectivity index (χ0) is 22.5. The van der Waals surface area contributed by atoms with Gasteiger partial charge in [0, 0.05) is 18.9 Å². The number of benzene rings is 1. The van der Waals surface area contributed by atoms with Crippen molar-refractivity contribution in [3.05, 3.63) is 53.2 Å². The molecular weight excluding hydrogens is 431 g/mol. The van der Waals surface area contributed by atoms with Crippen molar-refractivity contribution >= 4 is 11.9 Å². The maximum atomic E-state index is 12.4. The first-order valence-electron chi connectivity index (χ1n) is 11.7. The number of nitrogens with one attached hydrogen (secondary N) is 1. The van der Waals surface area contributed by atoms with Gasteiger partial charge in [-0.25, -0.2) is 4.98 Å². The summed E-state index contributed by atoms with van der Waals surface area (Å²) in [5.41, 5.74) is 2.54. The molecule has 0 radical (unpaired) electrons. The predicted molar refractivity (Wildman–Crippen MR) is 120 cm³/mol. The van der Waals surface area contributed by atoms with Crippen LogP contribution >= 0.6 is 0 Å². The predicted octanol–water partition coefficient (Wildman–Crippen LogP) is 1.23. The summed E-state index contributed by atoms with van der Waals surface area (Å²) in [6.07, 6.45) is 8.17. The second-order valence-corrected chi connectivity index (χ2v) is 8.88. The van der Waals surface area contributed by atoms with E-state index in [1.807, 2.05) is 18.2 Å². The number of amides is 1. The summed E-state index contributed by atoms with van der Waals surface area (Å²) in [6, 6.07) is 8.03. The van der Waals surface area contributed by atoms with Crippen molar-refractivity contribution in [3.63, 3.8) is 0 Å². The minimum absolute atomic E-state index is 0. The summed E-state index contributed by atoms with van der Waals surface area (Å²) in [7, 11) is 0. The van der Waals surface area contributed by atoms with Crippen LogP contribution in [-0.2, 0) is 22.4 Å². The van der Waals surface area contributed by atoms with Gasteiger partial charge in [-0.05, 0) is 43.2 Å². The first kappa shape index (κ1) is 25.9. The molecule has 2 saturated heterocycles. The van der Waals surface area contributed by atoms with Gasteiger partial charge in [0.25, 0.3) is 5.91 Å². The van der Waals surface area contributed by atoms with Crippen LogP contribution in [0.2, 0.25) is 0 Å². The summed E-state index contributed by atoms with van der Waals surface area (Å²) < 4.78 is 12.0. The number of aryl methyl sites for hydroxylation is 1. The number of nitrogens with zero attached hydrogens (tertiary/aromatic N) is 1. The van der Waals surface area contributed by atoms with E-state index in [0.717, 1.165) is 49.7 Å². The minimum atomic E-state index is -0.791. The maximum Gasteiger partial charge on any atom is 1.00 e. The maximum absolute atomic E-state index is 12.4. The van der Waals surface area contributed by atoms with Gasteiger partial charge in [0.05, 0.1) is 18.1 Å². The molecule has 0 saturated carbocycles. The summed E-state index contributed by atoms with van der Waals surface area (Å²) in [6.45, 7) is 2.77. The monoisotopic (exact) mass is 464 g/mol. The van der Waals surface area contributed by atoms with Crippen molar-refractivity contribution < 1.29 is 54.8 Å². The molecule has 7 nitrogen and oxygen atoms in total. The number of hydrogen-bond donors (Lipinski definition) is 2. The molecular formula is C25H33N2NaO5. The molecule has 2 aliphatic heterocycles. The van der Waals surface area contributed by atoms with E-state index in [2.05, 4.69) is 23.3 Å². The number of unbranched alkanes of at least 4 members (excludes halogenated alkanes) is 2. The van der Waals surface area contributed by atoms with Gasteiger partial charge in [0.1, 0.15) is 6.26 Å². The van der Waals surface area contributed by atoms with Crippen molar-refractivity contribution in [2.45, 2.75) is 76.4 Å². The number of hydrogen-bond acceptors (Lipinski definition) is 5. The molecule has 1 aromatic heterocycles. The van der Waals surface area contributed by atoms with Gasteiger partial charge >= 0.3 is 35.5 Å². The molecule has 2 bridgehead atoms. The number of ether oxygens (including phenoxy) is 1. The number of carboxylic acid groups (broad SMARTS) is 1. The van der Waals surface area contributed by atoms with Crippen molar-refractivity contribution in [1.29, 1.82) is 0 Å². The molecule has 4 rings (SSSR count). The van der Waals surface area contributed by atoms with Gasteiger partial charge < -0.3 is 21.0 Å². The summed E-state index contributed by atoms with van der Waals surface area (Å²) >= 11 is 0. The zero-order valence-corrected chi connectivity index (χ0v) is 21.6. The van der Waals surface area contributed by atoms with Crippen LogP contribution in [0.5, 0.6) is 0 Å². The second-order valence-electron chi connectivity index (χ2n) is 8.88. The molecule has 0 unspecified atom stereocenters. The Morgan fingerprint density at radius 2 is 1.94 bits per heavy atom. The fourth-order valence-electron chi connectivity index (χ4n) is 5.08. The SMILES string of the molecule is CCCCCNC(=O)c1coc([C@H]2[C@@H](Cc3ccccc3CCC(=O)O)[C@@H]3CC[C@H]2O3)n1.[H-].[Na+]. The quantitative estimate of drug-likeness (QED) is 0.383. The Kier molecular flexibility index (Phi) is 9.56. The standard InChI is InChI=1S/C25H32N2O5.Na.H/c1-2-3-6-13-26-24(30)19-15-31-25(27-19)23-18(20-10-11-21(23)32-20)14-17-8-5-4-7-16(17)9-12-22(28)29;;/h4-5,7-8,15,18,20-21,23H,2-3,6,9-14H2,1H3,(H,26,30)(H,28,29);;/q;+1;-1/t18-,20-,21+,23-;;/m0../s1. The van der Waals surface area contributed by atoms with Crippen LogP contribution < -0.4 is 34.9 Å². The summed E-state index contributed by atoms with van der Waals surface area (Å²) in [4.78, 5) is 28.0. The van der Waals surface area contributed by atoms with E-state index in [4.69, 9.17) is 14.3 Å². The third-order valence-electron chi connectivity index (χ3n) is 6.71. The molecule has 0 aliphatic carbocycles. The summed E-state index contributed by atoms with van der Waals surface area (Å²) in [5, 5.41) is 12.0. The van der Waals surface area contributed by atoms with E-state index in [-0.39, 0.29) is 67.4 Å². The third kappa shape index (κ3) is 6.27. The molecule has 1 amide bonds. The molecule has 4 atom stereocenters. The number of aliphatic carboxylic acids is 1. The van der Waals surface area contributed by atoms with Crippen LogP contribution in [0.4, 0.5) is 0 Å².